The first-order valence-corrected chi connectivity index (χ1v) is 10.0. The molecule has 1 atom stereocenters. The standard InChI is InChI=1S/C25H24N2O3/c1-17-7-6-10-23(18(17)2)27-16-19(15-24(27)28)25(29)26-20-11-13-22(14-12-20)30-21-8-4-3-5-9-21/h3-14,19H,15-16H2,1-2H3,(H,26,29)/t19-/m0/s1. The summed E-state index contributed by atoms with van der Waals surface area (Å²) >= 11 is 0. The SMILES string of the molecule is Cc1cccc(N2C[C@@H](C(=O)Nc3ccc(Oc4ccccc4)cc3)CC2=O)c1C. The average molecular weight is 400 g/mol. The molecule has 3 aromatic carbocycles. The van der Waals surface area contributed by atoms with Gasteiger partial charge in [-0.05, 0) is 67.4 Å². The number of rotatable bonds is 5. The molecule has 0 bridgehead atoms. The van der Waals surface area contributed by atoms with Gasteiger partial charge in [-0.25, -0.2) is 0 Å². The second-order valence-electron chi connectivity index (χ2n) is 7.55. The Bertz CT molecular complexity index is 1060. The summed E-state index contributed by atoms with van der Waals surface area (Å²) in [6.07, 6.45) is 0.217. The molecule has 1 aliphatic heterocycles. The number of benzene rings is 3. The van der Waals surface area contributed by atoms with Crippen LogP contribution in [0.4, 0.5) is 11.4 Å². The zero-order valence-electron chi connectivity index (χ0n) is 17.1. The molecule has 152 valence electrons. The van der Waals surface area contributed by atoms with Crippen molar-refractivity contribution in [1.82, 2.24) is 0 Å². The van der Waals surface area contributed by atoms with Crippen molar-refractivity contribution in [3.05, 3.63) is 83.9 Å². The number of hydrogen-bond acceptors (Lipinski definition) is 3. The fourth-order valence-corrected chi connectivity index (χ4v) is 3.62. The molecule has 0 aliphatic carbocycles. The molecule has 2 amide bonds. The molecule has 0 aromatic heterocycles. The van der Waals surface area contributed by atoms with Crippen LogP contribution in [0.15, 0.2) is 72.8 Å². The number of nitrogens with one attached hydrogen (secondary N) is 1. The van der Waals surface area contributed by atoms with Crippen molar-refractivity contribution >= 4 is 23.2 Å². The van der Waals surface area contributed by atoms with Crippen LogP contribution in [0.3, 0.4) is 0 Å². The van der Waals surface area contributed by atoms with E-state index in [1.165, 1.54) is 0 Å². The molecule has 4 rings (SSSR count). The van der Waals surface area contributed by atoms with E-state index in [9.17, 15) is 9.59 Å². The van der Waals surface area contributed by atoms with Crippen LogP contribution in [0, 0.1) is 19.8 Å². The number of carbonyl (C=O) groups is 2. The van der Waals surface area contributed by atoms with Gasteiger partial charge in [0.15, 0.2) is 0 Å². The smallest absolute Gasteiger partial charge is 0.229 e. The quantitative estimate of drug-likeness (QED) is 0.649. The number of anilines is 2. The molecular weight excluding hydrogens is 376 g/mol. The minimum Gasteiger partial charge on any atom is -0.457 e. The van der Waals surface area contributed by atoms with E-state index < -0.39 is 0 Å². The molecule has 5 heteroatoms. The van der Waals surface area contributed by atoms with E-state index in [1.54, 1.807) is 17.0 Å². The summed E-state index contributed by atoms with van der Waals surface area (Å²) in [5, 5.41) is 2.92. The van der Waals surface area contributed by atoms with Crippen molar-refractivity contribution in [2.24, 2.45) is 5.92 Å². The highest BCUT2D eigenvalue weighted by Crippen LogP contribution is 2.30. The zero-order chi connectivity index (χ0) is 21.1. The van der Waals surface area contributed by atoms with Crippen LogP contribution >= 0.6 is 0 Å². The highest BCUT2D eigenvalue weighted by atomic mass is 16.5. The van der Waals surface area contributed by atoms with E-state index in [1.807, 2.05) is 74.5 Å². The normalized spacial score (nSPS) is 15.9. The van der Waals surface area contributed by atoms with Crippen LogP contribution in [-0.4, -0.2) is 18.4 Å². The first-order valence-electron chi connectivity index (χ1n) is 10.0. The molecule has 1 aliphatic rings. The van der Waals surface area contributed by atoms with Gasteiger partial charge in [0, 0.05) is 24.3 Å². The van der Waals surface area contributed by atoms with Gasteiger partial charge in [0.25, 0.3) is 0 Å². The fourth-order valence-electron chi connectivity index (χ4n) is 3.62. The van der Waals surface area contributed by atoms with Crippen molar-refractivity contribution in [1.29, 1.82) is 0 Å². The lowest BCUT2D eigenvalue weighted by Crippen LogP contribution is -2.28. The maximum Gasteiger partial charge on any atom is 0.229 e. The number of para-hydroxylation sites is 1. The second-order valence-corrected chi connectivity index (χ2v) is 7.55. The van der Waals surface area contributed by atoms with Gasteiger partial charge in [-0.3, -0.25) is 9.59 Å². The number of nitrogens with zero attached hydrogens (tertiary/aromatic N) is 1. The van der Waals surface area contributed by atoms with Crippen molar-refractivity contribution < 1.29 is 14.3 Å². The van der Waals surface area contributed by atoms with Crippen LogP contribution in [0.25, 0.3) is 0 Å². The molecule has 1 N–H and O–H groups in total. The van der Waals surface area contributed by atoms with E-state index in [2.05, 4.69) is 5.32 Å². The Morgan fingerprint density at radius 1 is 0.933 bits per heavy atom. The lowest BCUT2D eigenvalue weighted by molar-refractivity contribution is -0.122. The zero-order valence-corrected chi connectivity index (χ0v) is 17.1. The van der Waals surface area contributed by atoms with E-state index >= 15 is 0 Å². The van der Waals surface area contributed by atoms with Crippen LogP contribution in [0.2, 0.25) is 0 Å². The van der Waals surface area contributed by atoms with E-state index in [-0.39, 0.29) is 24.2 Å². The van der Waals surface area contributed by atoms with Gasteiger partial charge in [-0.2, -0.15) is 0 Å². The van der Waals surface area contributed by atoms with Gasteiger partial charge in [-0.1, -0.05) is 30.3 Å². The molecule has 0 saturated carbocycles. The summed E-state index contributed by atoms with van der Waals surface area (Å²) in [4.78, 5) is 27.0. The molecule has 1 saturated heterocycles. The molecule has 1 heterocycles. The average Bonchev–Trinajstić information content (AvgIpc) is 3.14. The summed E-state index contributed by atoms with van der Waals surface area (Å²) in [6.45, 7) is 4.42. The fraction of sp³-hybridized carbons (Fsp3) is 0.200. The Morgan fingerprint density at radius 2 is 1.63 bits per heavy atom. The number of carbonyl (C=O) groups excluding carboxylic acids is 2. The van der Waals surface area contributed by atoms with Gasteiger partial charge in [-0.15, -0.1) is 0 Å². The number of ether oxygens (including phenoxy) is 1. The topological polar surface area (TPSA) is 58.6 Å². The summed E-state index contributed by atoms with van der Waals surface area (Å²) in [7, 11) is 0. The molecule has 5 nitrogen and oxygen atoms in total. The van der Waals surface area contributed by atoms with Gasteiger partial charge in [0.1, 0.15) is 11.5 Å². The van der Waals surface area contributed by atoms with Crippen LogP contribution in [-0.2, 0) is 9.59 Å². The second kappa shape index (κ2) is 8.41. The van der Waals surface area contributed by atoms with Crippen molar-refractivity contribution in [2.45, 2.75) is 20.3 Å². The van der Waals surface area contributed by atoms with Crippen LogP contribution in [0.1, 0.15) is 17.5 Å². The highest BCUT2D eigenvalue weighted by Gasteiger charge is 2.35. The monoisotopic (exact) mass is 400 g/mol. The molecule has 0 radical (unpaired) electrons. The first kappa shape index (κ1) is 19.7. The van der Waals surface area contributed by atoms with Crippen LogP contribution < -0.4 is 15.0 Å². The summed E-state index contributed by atoms with van der Waals surface area (Å²) in [5.74, 6) is 0.905. The third-order valence-corrected chi connectivity index (χ3v) is 5.46. The van der Waals surface area contributed by atoms with E-state index in [0.717, 1.165) is 22.6 Å². The Balaban J connectivity index is 1.39. The molecule has 1 fully saturated rings. The Labute approximate surface area is 176 Å². The van der Waals surface area contributed by atoms with Gasteiger partial charge < -0.3 is 15.0 Å². The molecule has 0 spiro atoms. The van der Waals surface area contributed by atoms with E-state index in [0.29, 0.717) is 18.0 Å². The van der Waals surface area contributed by atoms with Crippen molar-refractivity contribution in [3.63, 3.8) is 0 Å². The largest absolute Gasteiger partial charge is 0.457 e. The number of hydrogen-bond donors (Lipinski definition) is 1. The lowest BCUT2D eigenvalue weighted by atomic mass is 10.1. The molecule has 0 unspecified atom stereocenters. The van der Waals surface area contributed by atoms with E-state index in [4.69, 9.17) is 4.74 Å². The predicted molar refractivity (Wildman–Crippen MR) is 118 cm³/mol. The number of amides is 2. The third kappa shape index (κ3) is 4.20. The first-order chi connectivity index (χ1) is 14.5. The predicted octanol–water partition coefficient (Wildman–Crippen LogP) is 5.09. The van der Waals surface area contributed by atoms with Crippen LogP contribution in [0.5, 0.6) is 11.5 Å². The molecular formula is C25H24N2O3. The summed E-state index contributed by atoms with van der Waals surface area (Å²) in [6, 6.07) is 22.6. The highest BCUT2D eigenvalue weighted by molar-refractivity contribution is 6.03. The third-order valence-electron chi connectivity index (χ3n) is 5.46. The van der Waals surface area contributed by atoms with Gasteiger partial charge >= 0.3 is 0 Å². The summed E-state index contributed by atoms with van der Waals surface area (Å²) in [5.41, 5.74) is 3.77. The Morgan fingerprint density at radius 3 is 2.37 bits per heavy atom. The minimum atomic E-state index is -0.377. The minimum absolute atomic E-state index is 0.0181. The maximum absolute atomic E-state index is 12.7. The van der Waals surface area contributed by atoms with Crippen molar-refractivity contribution in [3.8, 4) is 11.5 Å². The van der Waals surface area contributed by atoms with Gasteiger partial charge in [0.2, 0.25) is 11.8 Å². The Hall–Kier alpha value is -3.60. The summed E-state index contributed by atoms with van der Waals surface area (Å²) < 4.78 is 5.77. The molecule has 30 heavy (non-hydrogen) atoms. The lowest BCUT2D eigenvalue weighted by Gasteiger charge is -2.20. The number of aryl methyl sites for hydroxylation is 1. The van der Waals surface area contributed by atoms with Gasteiger partial charge in [0.05, 0.1) is 5.92 Å². The molecule has 3 aromatic rings. The van der Waals surface area contributed by atoms with Crippen molar-refractivity contribution in [2.75, 3.05) is 16.8 Å². The Kier molecular flexibility index (Phi) is 5.53. The maximum atomic E-state index is 12.7.